The van der Waals surface area contributed by atoms with Gasteiger partial charge in [0, 0.05) is 10.9 Å². The summed E-state index contributed by atoms with van der Waals surface area (Å²) in [7, 11) is 0. The molecule has 4 nitrogen and oxygen atoms in total. The van der Waals surface area contributed by atoms with Crippen molar-refractivity contribution in [2.75, 3.05) is 0 Å². The Bertz CT molecular complexity index is 643. The number of carbonyl (C=O) groups is 2. The maximum atomic E-state index is 12.2. The van der Waals surface area contributed by atoms with Gasteiger partial charge in [0.1, 0.15) is 0 Å². The zero-order valence-electron chi connectivity index (χ0n) is 12.1. The van der Waals surface area contributed by atoms with E-state index in [2.05, 4.69) is 10.6 Å². The van der Waals surface area contributed by atoms with E-state index in [-0.39, 0.29) is 11.8 Å². The lowest BCUT2D eigenvalue weighted by atomic mass is 10.2. The number of rotatable bonds is 5. The lowest BCUT2D eigenvalue weighted by molar-refractivity contribution is 0.104. The van der Waals surface area contributed by atoms with Crippen LogP contribution >= 0.6 is 22.7 Å². The topological polar surface area (TPSA) is 58.2 Å². The van der Waals surface area contributed by atoms with Crippen molar-refractivity contribution in [1.29, 1.82) is 0 Å². The van der Waals surface area contributed by atoms with Crippen LogP contribution in [0.1, 0.15) is 45.1 Å². The van der Waals surface area contributed by atoms with Crippen LogP contribution in [0.4, 0.5) is 4.79 Å². The second kappa shape index (κ2) is 7.07. The van der Waals surface area contributed by atoms with E-state index in [4.69, 9.17) is 0 Å². The van der Waals surface area contributed by atoms with Crippen LogP contribution in [0.25, 0.3) is 0 Å². The summed E-state index contributed by atoms with van der Waals surface area (Å²) in [6.45, 7) is 0.459. The van der Waals surface area contributed by atoms with Crippen molar-refractivity contribution in [1.82, 2.24) is 10.6 Å². The highest BCUT2D eigenvalue weighted by atomic mass is 32.1. The molecule has 0 aromatic carbocycles. The number of hydrogen-bond acceptors (Lipinski definition) is 4. The molecule has 2 heterocycles. The highest BCUT2D eigenvalue weighted by Crippen LogP contribution is 2.22. The number of nitrogens with one attached hydrogen (secondary N) is 2. The van der Waals surface area contributed by atoms with Gasteiger partial charge in [0.15, 0.2) is 0 Å². The lowest BCUT2D eigenvalue weighted by Gasteiger charge is -2.12. The molecule has 1 saturated carbocycles. The minimum absolute atomic E-state index is 0.0571. The third-order valence-electron chi connectivity index (χ3n) is 3.74. The Kier molecular flexibility index (Phi) is 4.90. The van der Waals surface area contributed by atoms with Gasteiger partial charge in [0.2, 0.25) is 5.78 Å². The van der Waals surface area contributed by atoms with Crippen molar-refractivity contribution in [3.05, 3.63) is 44.3 Å². The first-order valence-electron chi connectivity index (χ1n) is 7.43. The maximum Gasteiger partial charge on any atom is 0.315 e. The number of hydrogen-bond donors (Lipinski definition) is 2. The normalized spacial score (nSPS) is 14.9. The van der Waals surface area contributed by atoms with Crippen LogP contribution in [0.5, 0.6) is 0 Å². The van der Waals surface area contributed by atoms with E-state index in [1.165, 1.54) is 35.5 Å². The van der Waals surface area contributed by atoms with E-state index >= 15 is 0 Å². The van der Waals surface area contributed by atoms with Gasteiger partial charge in [-0.1, -0.05) is 18.9 Å². The van der Waals surface area contributed by atoms with Gasteiger partial charge in [-0.2, -0.15) is 0 Å². The van der Waals surface area contributed by atoms with E-state index in [9.17, 15) is 9.59 Å². The van der Waals surface area contributed by atoms with Crippen molar-refractivity contribution in [2.45, 2.75) is 38.3 Å². The molecule has 1 fully saturated rings. The Morgan fingerprint density at radius 3 is 2.68 bits per heavy atom. The van der Waals surface area contributed by atoms with Gasteiger partial charge in [-0.05, 0) is 36.4 Å². The fourth-order valence-corrected chi connectivity index (χ4v) is 4.24. The van der Waals surface area contributed by atoms with Gasteiger partial charge in [-0.15, -0.1) is 22.7 Å². The highest BCUT2D eigenvalue weighted by Gasteiger charge is 2.17. The van der Waals surface area contributed by atoms with Crippen molar-refractivity contribution in [3.63, 3.8) is 0 Å². The largest absolute Gasteiger partial charge is 0.335 e. The van der Waals surface area contributed by atoms with Gasteiger partial charge < -0.3 is 10.6 Å². The predicted octanol–water partition coefficient (Wildman–Crippen LogP) is 3.78. The van der Waals surface area contributed by atoms with Gasteiger partial charge in [-0.25, -0.2) is 4.79 Å². The average Bonchev–Trinajstić information content (AvgIpc) is 3.26. The monoisotopic (exact) mass is 334 g/mol. The molecule has 6 heteroatoms. The summed E-state index contributed by atoms with van der Waals surface area (Å²) >= 11 is 2.89. The molecule has 2 N–H and O–H groups in total. The third-order valence-corrected chi connectivity index (χ3v) is 5.70. The molecule has 1 aliphatic carbocycles. The molecule has 22 heavy (non-hydrogen) atoms. The van der Waals surface area contributed by atoms with Crippen LogP contribution in [0, 0.1) is 0 Å². The van der Waals surface area contributed by atoms with E-state index in [1.807, 2.05) is 29.6 Å². The second-order valence-electron chi connectivity index (χ2n) is 5.38. The van der Waals surface area contributed by atoms with Crippen LogP contribution in [-0.4, -0.2) is 17.9 Å². The summed E-state index contributed by atoms with van der Waals surface area (Å²) in [4.78, 5) is 26.5. The van der Waals surface area contributed by atoms with Crippen LogP contribution in [-0.2, 0) is 6.54 Å². The van der Waals surface area contributed by atoms with Crippen molar-refractivity contribution in [3.8, 4) is 0 Å². The first-order valence-corrected chi connectivity index (χ1v) is 9.13. The minimum Gasteiger partial charge on any atom is -0.335 e. The summed E-state index contributed by atoms with van der Waals surface area (Å²) in [5.74, 6) is 0.0571. The molecular formula is C16H18N2O2S2. The average molecular weight is 334 g/mol. The maximum absolute atomic E-state index is 12.2. The molecule has 1 aliphatic rings. The third kappa shape index (κ3) is 3.75. The van der Waals surface area contributed by atoms with E-state index in [0.717, 1.165) is 27.5 Å². The number of amides is 2. The summed E-state index contributed by atoms with van der Waals surface area (Å²) in [6, 6.07) is 7.65. The first kappa shape index (κ1) is 15.2. The Labute approximate surface area is 137 Å². The SMILES string of the molecule is O=C(NCc1ccc(C(=O)c2cccs2)s1)NC1CCCC1. The molecule has 0 spiro atoms. The van der Waals surface area contributed by atoms with E-state index in [1.54, 1.807) is 0 Å². The fourth-order valence-electron chi connectivity index (χ4n) is 2.60. The van der Waals surface area contributed by atoms with Crippen molar-refractivity contribution < 1.29 is 9.59 Å². The molecule has 0 radical (unpaired) electrons. The molecule has 0 bridgehead atoms. The summed E-state index contributed by atoms with van der Waals surface area (Å²) < 4.78 is 0. The van der Waals surface area contributed by atoms with Crippen molar-refractivity contribution in [2.24, 2.45) is 0 Å². The Balaban J connectivity index is 1.51. The zero-order chi connectivity index (χ0) is 15.4. The summed E-state index contributed by atoms with van der Waals surface area (Å²) in [6.07, 6.45) is 4.55. The standard InChI is InChI=1S/C16H18N2O2S2/c19-15(13-6-3-9-21-13)14-8-7-12(22-14)10-17-16(20)18-11-4-1-2-5-11/h3,6-9,11H,1-2,4-5,10H2,(H2,17,18,20). The van der Waals surface area contributed by atoms with Gasteiger partial charge in [-0.3, -0.25) is 4.79 Å². The molecule has 0 unspecified atom stereocenters. The summed E-state index contributed by atoms with van der Waals surface area (Å²) in [5, 5.41) is 7.75. The number of ketones is 1. The Morgan fingerprint density at radius 1 is 1.14 bits per heavy atom. The quantitative estimate of drug-likeness (QED) is 0.818. The number of carbonyl (C=O) groups excluding carboxylic acids is 2. The van der Waals surface area contributed by atoms with Crippen LogP contribution in [0.2, 0.25) is 0 Å². The van der Waals surface area contributed by atoms with Gasteiger partial charge in [0.25, 0.3) is 0 Å². The van der Waals surface area contributed by atoms with Gasteiger partial charge >= 0.3 is 6.03 Å². The molecular weight excluding hydrogens is 316 g/mol. The Hall–Kier alpha value is -1.66. The molecule has 3 rings (SSSR count). The first-order chi connectivity index (χ1) is 10.7. The second-order valence-corrected chi connectivity index (χ2v) is 7.50. The van der Waals surface area contributed by atoms with Crippen LogP contribution in [0.3, 0.4) is 0 Å². The molecule has 0 atom stereocenters. The van der Waals surface area contributed by atoms with E-state index < -0.39 is 0 Å². The lowest BCUT2D eigenvalue weighted by Crippen LogP contribution is -2.40. The van der Waals surface area contributed by atoms with Gasteiger partial charge in [0.05, 0.1) is 16.3 Å². The number of urea groups is 1. The minimum atomic E-state index is -0.119. The molecule has 2 amide bonds. The molecule has 2 aromatic heterocycles. The zero-order valence-corrected chi connectivity index (χ0v) is 13.8. The van der Waals surface area contributed by atoms with E-state index in [0.29, 0.717) is 12.6 Å². The summed E-state index contributed by atoms with van der Waals surface area (Å²) in [5.41, 5.74) is 0. The highest BCUT2D eigenvalue weighted by molar-refractivity contribution is 7.16. The smallest absolute Gasteiger partial charge is 0.315 e. The van der Waals surface area contributed by atoms with Crippen LogP contribution < -0.4 is 10.6 Å². The van der Waals surface area contributed by atoms with Crippen LogP contribution in [0.15, 0.2) is 29.6 Å². The molecule has 0 aliphatic heterocycles. The number of thiophene rings is 2. The van der Waals surface area contributed by atoms with Crippen molar-refractivity contribution >= 4 is 34.5 Å². The molecule has 0 saturated heterocycles. The predicted molar refractivity (Wildman–Crippen MR) is 89.7 cm³/mol. The molecule has 116 valence electrons. The molecule has 2 aromatic rings. The Morgan fingerprint density at radius 2 is 1.95 bits per heavy atom. The fraction of sp³-hybridized carbons (Fsp3) is 0.375.